The number of hydrogen-bond donors (Lipinski definition) is 1. The van der Waals surface area contributed by atoms with Gasteiger partial charge in [0.2, 0.25) is 0 Å². The minimum Gasteiger partial charge on any atom is -0.388 e. The van der Waals surface area contributed by atoms with Crippen molar-refractivity contribution in [2.45, 2.75) is 61.0 Å². The molecular weight excluding hydrogens is 234 g/mol. The zero-order valence-corrected chi connectivity index (χ0v) is 13.3. The SMILES string of the molecule is CC=Nc1cc(C)c(C(O)CC(C)(C)C)c(C)c1C. The first-order chi connectivity index (χ1) is 8.67. The maximum atomic E-state index is 10.5. The molecule has 0 aliphatic rings. The van der Waals surface area contributed by atoms with Crippen LogP contribution in [0.3, 0.4) is 0 Å². The van der Waals surface area contributed by atoms with E-state index >= 15 is 0 Å². The van der Waals surface area contributed by atoms with Crippen molar-refractivity contribution in [1.82, 2.24) is 0 Å². The van der Waals surface area contributed by atoms with E-state index in [2.05, 4.69) is 52.6 Å². The molecule has 0 aromatic heterocycles. The third kappa shape index (κ3) is 3.90. The Hall–Kier alpha value is -1.15. The summed E-state index contributed by atoms with van der Waals surface area (Å²) in [6.07, 6.45) is 2.18. The number of hydrogen-bond acceptors (Lipinski definition) is 2. The van der Waals surface area contributed by atoms with Crippen LogP contribution in [-0.4, -0.2) is 11.3 Å². The number of rotatable bonds is 3. The second-order valence-corrected chi connectivity index (χ2v) is 6.54. The molecule has 0 aliphatic heterocycles. The average molecular weight is 261 g/mol. The van der Waals surface area contributed by atoms with Crippen molar-refractivity contribution in [1.29, 1.82) is 0 Å². The van der Waals surface area contributed by atoms with Crippen LogP contribution in [0.1, 0.15) is 62.5 Å². The van der Waals surface area contributed by atoms with Gasteiger partial charge in [0.1, 0.15) is 0 Å². The van der Waals surface area contributed by atoms with E-state index in [1.54, 1.807) is 0 Å². The van der Waals surface area contributed by atoms with E-state index in [0.717, 1.165) is 34.4 Å². The van der Waals surface area contributed by atoms with E-state index in [-0.39, 0.29) is 5.41 Å². The van der Waals surface area contributed by atoms with Gasteiger partial charge in [0, 0.05) is 6.21 Å². The highest BCUT2D eigenvalue weighted by Crippen LogP contribution is 2.36. The molecular formula is C17H27NO. The van der Waals surface area contributed by atoms with Crippen molar-refractivity contribution in [2.75, 3.05) is 0 Å². The van der Waals surface area contributed by atoms with Crippen molar-refractivity contribution < 1.29 is 5.11 Å². The maximum absolute atomic E-state index is 10.5. The molecule has 0 radical (unpaired) electrons. The first-order valence-corrected chi connectivity index (χ1v) is 6.95. The van der Waals surface area contributed by atoms with Crippen LogP contribution >= 0.6 is 0 Å². The lowest BCUT2D eigenvalue weighted by molar-refractivity contribution is 0.121. The van der Waals surface area contributed by atoms with E-state index < -0.39 is 6.10 Å². The topological polar surface area (TPSA) is 32.6 Å². The van der Waals surface area contributed by atoms with Gasteiger partial charge in [0.15, 0.2) is 0 Å². The summed E-state index contributed by atoms with van der Waals surface area (Å²) in [6.45, 7) is 14.6. The van der Waals surface area contributed by atoms with Gasteiger partial charge >= 0.3 is 0 Å². The Labute approximate surface area is 117 Å². The predicted molar refractivity (Wildman–Crippen MR) is 83.5 cm³/mol. The summed E-state index contributed by atoms with van der Waals surface area (Å²) < 4.78 is 0. The Balaban J connectivity index is 3.26. The van der Waals surface area contributed by atoms with Crippen LogP contribution in [-0.2, 0) is 0 Å². The maximum Gasteiger partial charge on any atom is 0.0800 e. The molecule has 1 aromatic carbocycles. The minimum atomic E-state index is -0.404. The van der Waals surface area contributed by atoms with Crippen molar-refractivity contribution in [2.24, 2.45) is 10.4 Å². The second-order valence-electron chi connectivity index (χ2n) is 6.54. The number of aryl methyl sites for hydroxylation is 1. The van der Waals surface area contributed by atoms with Crippen LogP contribution in [0.15, 0.2) is 11.1 Å². The second kappa shape index (κ2) is 5.87. The van der Waals surface area contributed by atoms with E-state index in [4.69, 9.17) is 0 Å². The van der Waals surface area contributed by atoms with Crippen molar-refractivity contribution in [3.05, 3.63) is 28.3 Å². The Kier molecular flexibility index (Phi) is 4.92. The zero-order valence-electron chi connectivity index (χ0n) is 13.3. The number of benzene rings is 1. The summed E-state index contributed by atoms with van der Waals surface area (Å²) in [5, 5.41) is 10.5. The molecule has 0 bridgehead atoms. The highest BCUT2D eigenvalue weighted by Gasteiger charge is 2.22. The van der Waals surface area contributed by atoms with Crippen LogP contribution in [0.4, 0.5) is 5.69 Å². The number of nitrogens with zero attached hydrogens (tertiary/aromatic N) is 1. The van der Waals surface area contributed by atoms with Crippen LogP contribution < -0.4 is 0 Å². The van der Waals surface area contributed by atoms with Crippen molar-refractivity contribution in [3.63, 3.8) is 0 Å². The molecule has 1 atom stereocenters. The number of aliphatic hydroxyl groups is 1. The normalized spacial score (nSPS) is 14.1. The average Bonchev–Trinajstić information content (AvgIpc) is 2.23. The standard InChI is InChI=1S/C17H27NO/c1-8-18-14-9-11(2)16(13(4)12(14)3)15(19)10-17(5,6)7/h8-9,15,19H,10H2,1-7H3. The van der Waals surface area contributed by atoms with E-state index in [9.17, 15) is 5.11 Å². The zero-order chi connectivity index (χ0) is 14.8. The van der Waals surface area contributed by atoms with Gasteiger partial charge in [-0.3, -0.25) is 4.99 Å². The lowest BCUT2D eigenvalue weighted by Gasteiger charge is -2.26. The number of aliphatic imine (C=N–C) groups is 1. The molecule has 19 heavy (non-hydrogen) atoms. The molecule has 1 unspecified atom stereocenters. The van der Waals surface area contributed by atoms with Gasteiger partial charge in [-0.05, 0) is 67.9 Å². The summed E-state index contributed by atoms with van der Waals surface area (Å²) in [5.41, 5.74) is 5.64. The third-order valence-corrected chi connectivity index (χ3v) is 3.54. The molecule has 0 amide bonds. The monoisotopic (exact) mass is 261 g/mol. The fourth-order valence-electron chi connectivity index (χ4n) is 2.55. The van der Waals surface area contributed by atoms with Gasteiger partial charge < -0.3 is 5.11 Å². The lowest BCUT2D eigenvalue weighted by Crippen LogP contribution is -2.14. The Bertz CT molecular complexity index is 481. The van der Waals surface area contributed by atoms with Crippen LogP contribution in [0, 0.1) is 26.2 Å². The molecule has 1 aromatic rings. The summed E-state index contributed by atoms with van der Waals surface area (Å²) in [7, 11) is 0. The Morgan fingerprint density at radius 2 is 1.79 bits per heavy atom. The fourth-order valence-corrected chi connectivity index (χ4v) is 2.55. The molecule has 0 fully saturated rings. The molecule has 1 N–H and O–H groups in total. The molecule has 0 saturated carbocycles. The first kappa shape index (κ1) is 15.9. The van der Waals surface area contributed by atoms with Gasteiger partial charge in [-0.1, -0.05) is 20.8 Å². The molecule has 2 heteroatoms. The van der Waals surface area contributed by atoms with E-state index in [1.807, 2.05) is 13.1 Å². The van der Waals surface area contributed by atoms with Gasteiger partial charge in [-0.15, -0.1) is 0 Å². The molecule has 1 rings (SSSR count). The van der Waals surface area contributed by atoms with Gasteiger partial charge in [-0.25, -0.2) is 0 Å². The molecule has 0 saturated heterocycles. The largest absolute Gasteiger partial charge is 0.388 e. The summed E-state index contributed by atoms with van der Waals surface area (Å²) in [6, 6.07) is 2.07. The van der Waals surface area contributed by atoms with Gasteiger partial charge in [0.05, 0.1) is 11.8 Å². The smallest absolute Gasteiger partial charge is 0.0800 e. The van der Waals surface area contributed by atoms with E-state index in [0.29, 0.717) is 0 Å². The van der Waals surface area contributed by atoms with E-state index in [1.165, 1.54) is 0 Å². The van der Waals surface area contributed by atoms with Crippen LogP contribution in [0.5, 0.6) is 0 Å². The number of aliphatic hydroxyl groups excluding tert-OH is 1. The first-order valence-electron chi connectivity index (χ1n) is 6.95. The summed E-state index contributed by atoms with van der Waals surface area (Å²) >= 11 is 0. The predicted octanol–water partition coefficient (Wildman–Crippen LogP) is 4.80. The van der Waals surface area contributed by atoms with Crippen molar-refractivity contribution >= 4 is 11.9 Å². The highest BCUT2D eigenvalue weighted by molar-refractivity contribution is 5.65. The summed E-state index contributed by atoms with van der Waals surface area (Å²) in [5.74, 6) is 0. The van der Waals surface area contributed by atoms with Gasteiger partial charge in [-0.2, -0.15) is 0 Å². The molecule has 2 nitrogen and oxygen atoms in total. The van der Waals surface area contributed by atoms with Crippen LogP contribution in [0.25, 0.3) is 0 Å². The highest BCUT2D eigenvalue weighted by atomic mass is 16.3. The van der Waals surface area contributed by atoms with Crippen molar-refractivity contribution in [3.8, 4) is 0 Å². The van der Waals surface area contributed by atoms with Crippen LogP contribution in [0.2, 0.25) is 0 Å². The van der Waals surface area contributed by atoms with Gasteiger partial charge in [0.25, 0.3) is 0 Å². The third-order valence-electron chi connectivity index (χ3n) is 3.54. The Morgan fingerprint density at radius 1 is 1.21 bits per heavy atom. The molecule has 0 aliphatic carbocycles. The molecule has 106 valence electrons. The molecule has 0 heterocycles. The lowest BCUT2D eigenvalue weighted by atomic mass is 9.83. The quantitative estimate of drug-likeness (QED) is 0.778. The molecule has 0 spiro atoms. The fraction of sp³-hybridized carbons (Fsp3) is 0.588. The minimum absolute atomic E-state index is 0.118. The summed E-state index contributed by atoms with van der Waals surface area (Å²) in [4.78, 5) is 4.40. The Morgan fingerprint density at radius 3 is 2.26 bits per heavy atom.